The molecule has 1 heterocycles. The van der Waals surface area contributed by atoms with Gasteiger partial charge in [-0.05, 0) is 12.1 Å². The van der Waals surface area contributed by atoms with Gasteiger partial charge in [-0.1, -0.05) is 0 Å². The fraction of sp³-hybridized carbons (Fsp3) is 0.462. The SMILES string of the molecule is COc1cc(/N=C(/C)N=O)c(N)cc1O[C@H]1CCOC1. The third kappa shape index (κ3) is 3.24. The lowest BCUT2D eigenvalue weighted by Crippen LogP contribution is -2.16. The molecule has 0 aliphatic carbocycles. The number of hydrogen-bond acceptors (Lipinski definition) is 6. The van der Waals surface area contributed by atoms with Crippen LogP contribution in [0, 0.1) is 4.91 Å². The van der Waals surface area contributed by atoms with Crippen molar-refractivity contribution >= 4 is 17.2 Å². The van der Waals surface area contributed by atoms with Crippen LogP contribution in [0.4, 0.5) is 11.4 Å². The number of nitrogens with zero attached hydrogens (tertiary/aromatic N) is 2. The minimum atomic E-state index is -0.00368. The second-order valence-electron chi connectivity index (χ2n) is 4.42. The van der Waals surface area contributed by atoms with Gasteiger partial charge in [0.05, 0.1) is 31.7 Å². The average molecular weight is 279 g/mol. The van der Waals surface area contributed by atoms with Crippen molar-refractivity contribution in [3.05, 3.63) is 17.0 Å². The summed E-state index contributed by atoms with van der Waals surface area (Å²) in [6.45, 7) is 2.74. The highest BCUT2D eigenvalue weighted by atomic mass is 16.6. The van der Waals surface area contributed by atoms with Crippen molar-refractivity contribution in [1.29, 1.82) is 0 Å². The van der Waals surface area contributed by atoms with Crippen LogP contribution in [0.1, 0.15) is 13.3 Å². The second kappa shape index (κ2) is 6.33. The Labute approximate surface area is 116 Å². The Hall–Kier alpha value is -2.15. The van der Waals surface area contributed by atoms with Crippen LogP contribution in [0.3, 0.4) is 0 Å². The quantitative estimate of drug-likeness (QED) is 0.395. The summed E-state index contributed by atoms with van der Waals surface area (Å²) in [5.74, 6) is 1.14. The van der Waals surface area contributed by atoms with Crippen molar-refractivity contribution in [3.8, 4) is 11.5 Å². The summed E-state index contributed by atoms with van der Waals surface area (Å²) >= 11 is 0. The molecule has 0 spiro atoms. The van der Waals surface area contributed by atoms with Crippen molar-refractivity contribution in [3.63, 3.8) is 0 Å². The van der Waals surface area contributed by atoms with E-state index in [0.29, 0.717) is 36.1 Å². The van der Waals surface area contributed by atoms with E-state index < -0.39 is 0 Å². The number of nitrogens with two attached hydrogens (primary N) is 1. The van der Waals surface area contributed by atoms with Gasteiger partial charge in [-0.25, -0.2) is 4.99 Å². The topological polar surface area (TPSA) is 95.5 Å². The molecule has 0 saturated carbocycles. The van der Waals surface area contributed by atoms with Crippen molar-refractivity contribution in [2.24, 2.45) is 10.2 Å². The zero-order valence-electron chi connectivity index (χ0n) is 11.5. The molecule has 2 rings (SSSR count). The van der Waals surface area contributed by atoms with E-state index in [1.54, 1.807) is 12.1 Å². The molecule has 0 aromatic heterocycles. The standard InChI is InChI=1S/C13H17N3O4/c1-8(16-17)15-11-6-12(18-2)13(5-10(11)14)20-9-3-4-19-7-9/h5-6,9H,3-4,7,14H2,1-2H3/b15-8-/t9-/m0/s1. The Morgan fingerprint density at radius 2 is 2.25 bits per heavy atom. The fourth-order valence-corrected chi connectivity index (χ4v) is 1.89. The molecule has 20 heavy (non-hydrogen) atoms. The fourth-order valence-electron chi connectivity index (χ4n) is 1.89. The molecule has 0 amide bonds. The molecular formula is C13H17N3O4. The Bertz CT molecular complexity index is 525. The number of anilines is 1. The van der Waals surface area contributed by atoms with E-state index in [1.807, 2.05) is 0 Å². The molecule has 108 valence electrons. The Morgan fingerprint density at radius 1 is 1.45 bits per heavy atom. The molecule has 0 unspecified atom stereocenters. The molecule has 1 aromatic carbocycles. The minimum Gasteiger partial charge on any atom is -0.493 e. The Kier molecular flexibility index (Phi) is 4.52. The molecule has 1 aromatic rings. The maximum atomic E-state index is 10.4. The second-order valence-corrected chi connectivity index (χ2v) is 4.42. The highest BCUT2D eigenvalue weighted by Gasteiger charge is 2.20. The average Bonchev–Trinajstić information content (AvgIpc) is 2.94. The van der Waals surface area contributed by atoms with E-state index in [1.165, 1.54) is 14.0 Å². The minimum absolute atomic E-state index is 0.00368. The summed E-state index contributed by atoms with van der Waals surface area (Å²) in [6, 6.07) is 3.25. The van der Waals surface area contributed by atoms with Gasteiger partial charge in [0.1, 0.15) is 6.10 Å². The number of ether oxygens (including phenoxy) is 3. The first-order valence-corrected chi connectivity index (χ1v) is 6.24. The van der Waals surface area contributed by atoms with Crippen molar-refractivity contribution in [2.45, 2.75) is 19.4 Å². The van der Waals surface area contributed by atoms with Crippen LogP contribution in [0.2, 0.25) is 0 Å². The van der Waals surface area contributed by atoms with Gasteiger partial charge in [-0.15, -0.1) is 4.91 Å². The van der Waals surface area contributed by atoms with Gasteiger partial charge in [0, 0.05) is 18.6 Å². The van der Waals surface area contributed by atoms with Gasteiger partial charge in [-0.3, -0.25) is 0 Å². The molecule has 0 radical (unpaired) electrons. The van der Waals surface area contributed by atoms with E-state index >= 15 is 0 Å². The zero-order chi connectivity index (χ0) is 14.5. The van der Waals surface area contributed by atoms with Crippen LogP contribution in [0.15, 0.2) is 22.3 Å². The molecule has 1 fully saturated rings. The third-order valence-electron chi connectivity index (χ3n) is 2.91. The Morgan fingerprint density at radius 3 is 2.85 bits per heavy atom. The third-order valence-corrected chi connectivity index (χ3v) is 2.91. The molecular weight excluding hydrogens is 262 g/mol. The number of methoxy groups -OCH3 is 1. The summed E-state index contributed by atoms with van der Waals surface area (Å²) < 4.78 is 16.3. The molecule has 1 aliphatic rings. The van der Waals surface area contributed by atoms with Crippen molar-refractivity contribution < 1.29 is 14.2 Å². The first kappa shape index (κ1) is 14.3. The maximum Gasteiger partial charge on any atom is 0.170 e. The van der Waals surface area contributed by atoms with Crippen LogP contribution >= 0.6 is 0 Å². The van der Waals surface area contributed by atoms with Crippen molar-refractivity contribution in [2.75, 3.05) is 26.1 Å². The number of benzene rings is 1. The van der Waals surface area contributed by atoms with Gasteiger partial charge in [-0.2, -0.15) is 0 Å². The van der Waals surface area contributed by atoms with Crippen LogP contribution in [0.25, 0.3) is 0 Å². The van der Waals surface area contributed by atoms with Crippen molar-refractivity contribution in [1.82, 2.24) is 0 Å². The van der Waals surface area contributed by atoms with Gasteiger partial charge in [0.15, 0.2) is 17.3 Å². The lowest BCUT2D eigenvalue weighted by molar-refractivity contribution is 0.139. The van der Waals surface area contributed by atoms with E-state index in [0.717, 1.165) is 6.42 Å². The number of amidine groups is 1. The molecule has 1 aliphatic heterocycles. The molecule has 1 atom stereocenters. The highest BCUT2D eigenvalue weighted by Crippen LogP contribution is 2.37. The summed E-state index contributed by atoms with van der Waals surface area (Å²) in [6.07, 6.45) is 0.827. The van der Waals surface area contributed by atoms with Gasteiger partial charge >= 0.3 is 0 Å². The summed E-state index contributed by atoms with van der Waals surface area (Å²) in [4.78, 5) is 14.4. The van der Waals surface area contributed by atoms with Crippen LogP contribution < -0.4 is 15.2 Å². The van der Waals surface area contributed by atoms with Crippen LogP contribution in [-0.2, 0) is 4.74 Å². The Balaban J connectivity index is 2.29. The summed E-state index contributed by atoms with van der Waals surface area (Å²) in [5.41, 5.74) is 6.72. The number of rotatable bonds is 4. The summed E-state index contributed by atoms with van der Waals surface area (Å²) in [5, 5.41) is 2.74. The van der Waals surface area contributed by atoms with E-state index in [2.05, 4.69) is 10.2 Å². The highest BCUT2D eigenvalue weighted by molar-refractivity contribution is 5.85. The van der Waals surface area contributed by atoms with Gasteiger partial charge in [0.25, 0.3) is 0 Å². The lowest BCUT2D eigenvalue weighted by Gasteiger charge is -2.16. The predicted molar refractivity (Wildman–Crippen MR) is 75.8 cm³/mol. The molecule has 7 nitrogen and oxygen atoms in total. The first-order valence-electron chi connectivity index (χ1n) is 6.24. The monoisotopic (exact) mass is 279 g/mol. The smallest absolute Gasteiger partial charge is 0.170 e. The molecule has 7 heteroatoms. The molecule has 0 bridgehead atoms. The van der Waals surface area contributed by atoms with Crippen LogP contribution in [0.5, 0.6) is 11.5 Å². The number of hydrogen-bond donors (Lipinski definition) is 1. The van der Waals surface area contributed by atoms with Crippen LogP contribution in [-0.4, -0.2) is 32.3 Å². The number of nitrogen functional groups attached to an aromatic ring is 1. The van der Waals surface area contributed by atoms with E-state index in [4.69, 9.17) is 19.9 Å². The normalized spacial score (nSPS) is 18.9. The first-order chi connectivity index (χ1) is 9.63. The molecule has 2 N–H and O–H groups in total. The maximum absolute atomic E-state index is 10.4. The van der Waals surface area contributed by atoms with E-state index in [-0.39, 0.29) is 11.9 Å². The number of aliphatic imine (C=N–C) groups is 1. The lowest BCUT2D eigenvalue weighted by atomic mass is 10.2. The van der Waals surface area contributed by atoms with E-state index in [9.17, 15) is 4.91 Å². The predicted octanol–water partition coefficient (Wildman–Crippen LogP) is 2.26. The number of nitroso groups, excluding NO2 is 1. The van der Waals surface area contributed by atoms with Gasteiger partial charge in [0.2, 0.25) is 0 Å². The largest absolute Gasteiger partial charge is 0.493 e. The van der Waals surface area contributed by atoms with Gasteiger partial charge < -0.3 is 19.9 Å². The summed E-state index contributed by atoms with van der Waals surface area (Å²) in [7, 11) is 1.53. The molecule has 1 saturated heterocycles. The zero-order valence-corrected chi connectivity index (χ0v) is 11.5.